The van der Waals surface area contributed by atoms with Gasteiger partial charge in [-0.15, -0.1) is 0 Å². The first kappa shape index (κ1) is 19.0. The third kappa shape index (κ3) is 4.61. The maximum Gasteiger partial charge on any atom is 0.256 e. The van der Waals surface area contributed by atoms with Gasteiger partial charge in [0.05, 0.1) is 0 Å². The van der Waals surface area contributed by atoms with Crippen LogP contribution in [0.15, 0.2) is 48.8 Å². The molecule has 0 aliphatic carbocycles. The van der Waals surface area contributed by atoms with Gasteiger partial charge in [0, 0.05) is 44.1 Å². The molecule has 0 fully saturated rings. The summed E-state index contributed by atoms with van der Waals surface area (Å²) in [5, 5.41) is 12.3. The fourth-order valence-corrected chi connectivity index (χ4v) is 2.63. The molecule has 25 heavy (non-hydrogen) atoms. The zero-order valence-electron chi connectivity index (χ0n) is 14.4. The number of rotatable bonds is 8. The summed E-state index contributed by atoms with van der Waals surface area (Å²) in [6.45, 7) is 1.69. The summed E-state index contributed by atoms with van der Waals surface area (Å²) in [6.07, 6.45) is 3.98. The molecule has 2 aromatic rings. The molecule has 2 rings (SSSR count). The minimum Gasteiger partial charge on any atom is -0.396 e. The predicted octanol–water partition coefficient (Wildman–Crippen LogP) is 2.05. The summed E-state index contributed by atoms with van der Waals surface area (Å²) in [5.41, 5.74) is -0.304. The first-order valence-electron chi connectivity index (χ1n) is 8.09. The molecule has 2 atom stereocenters. The number of pyridine rings is 1. The molecule has 134 valence electrons. The quantitative estimate of drug-likeness (QED) is 0.767. The molecule has 0 saturated heterocycles. The second-order valence-electron chi connectivity index (χ2n) is 6.04. The molecule has 1 aromatic carbocycles. The Labute approximate surface area is 146 Å². The number of carbonyl (C=O) groups is 1. The molecular weight excluding hydrogens is 323 g/mol. The minimum absolute atomic E-state index is 0.0848. The van der Waals surface area contributed by atoms with Crippen LogP contribution in [-0.4, -0.2) is 36.3 Å². The summed E-state index contributed by atoms with van der Waals surface area (Å²) in [6, 6.07) is 9.76. The first-order chi connectivity index (χ1) is 12.0. The Morgan fingerprint density at radius 3 is 2.72 bits per heavy atom. The van der Waals surface area contributed by atoms with Gasteiger partial charge in [-0.1, -0.05) is 24.3 Å². The van der Waals surface area contributed by atoms with Gasteiger partial charge in [0.25, 0.3) is 5.91 Å². The molecule has 5 nitrogen and oxygen atoms in total. The number of aliphatic hydroxyl groups is 1. The molecule has 2 N–H and O–H groups in total. The van der Waals surface area contributed by atoms with Crippen molar-refractivity contribution >= 4 is 5.91 Å². The van der Waals surface area contributed by atoms with E-state index in [4.69, 9.17) is 4.74 Å². The van der Waals surface area contributed by atoms with Gasteiger partial charge in [0.1, 0.15) is 5.82 Å². The van der Waals surface area contributed by atoms with E-state index in [1.807, 2.05) is 12.1 Å². The van der Waals surface area contributed by atoms with E-state index < -0.39 is 17.3 Å². The van der Waals surface area contributed by atoms with Gasteiger partial charge in [-0.05, 0) is 31.0 Å². The number of aromatic nitrogens is 1. The second-order valence-corrected chi connectivity index (χ2v) is 6.04. The first-order valence-corrected chi connectivity index (χ1v) is 8.09. The van der Waals surface area contributed by atoms with Crippen molar-refractivity contribution in [2.75, 3.05) is 20.3 Å². The average molecular weight is 346 g/mol. The summed E-state index contributed by atoms with van der Waals surface area (Å²) in [4.78, 5) is 16.7. The zero-order valence-corrected chi connectivity index (χ0v) is 14.4. The number of nitrogens with one attached hydrogen (secondary N) is 1. The number of ether oxygens (including phenoxy) is 1. The lowest BCUT2D eigenvalue weighted by atomic mass is 9.93. The number of benzene rings is 1. The van der Waals surface area contributed by atoms with Crippen molar-refractivity contribution < 1.29 is 19.0 Å². The highest BCUT2D eigenvalue weighted by Gasteiger charge is 2.37. The van der Waals surface area contributed by atoms with Crippen molar-refractivity contribution in [1.82, 2.24) is 10.3 Å². The van der Waals surface area contributed by atoms with E-state index in [0.29, 0.717) is 6.42 Å². The molecule has 6 heteroatoms. The van der Waals surface area contributed by atoms with E-state index in [0.717, 1.165) is 5.56 Å². The monoisotopic (exact) mass is 346 g/mol. The van der Waals surface area contributed by atoms with Crippen LogP contribution in [0.3, 0.4) is 0 Å². The van der Waals surface area contributed by atoms with Crippen LogP contribution in [0.1, 0.15) is 18.1 Å². The Morgan fingerprint density at radius 1 is 1.36 bits per heavy atom. The van der Waals surface area contributed by atoms with Gasteiger partial charge in [0.2, 0.25) is 0 Å². The van der Waals surface area contributed by atoms with Crippen LogP contribution in [-0.2, 0) is 21.6 Å². The lowest BCUT2D eigenvalue weighted by Crippen LogP contribution is -2.46. The van der Waals surface area contributed by atoms with Gasteiger partial charge in [-0.25, -0.2) is 4.39 Å². The highest BCUT2D eigenvalue weighted by atomic mass is 19.1. The summed E-state index contributed by atoms with van der Waals surface area (Å²) < 4.78 is 19.4. The Kier molecular flexibility index (Phi) is 6.61. The Balaban J connectivity index is 2.05. The molecule has 0 bridgehead atoms. The van der Waals surface area contributed by atoms with Crippen LogP contribution in [0, 0.1) is 11.7 Å². The van der Waals surface area contributed by atoms with E-state index in [9.17, 15) is 14.3 Å². The van der Waals surface area contributed by atoms with Crippen molar-refractivity contribution in [2.45, 2.75) is 18.9 Å². The topological polar surface area (TPSA) is 71.5 Å². The van der Waals surface area contributed by atoms with E-state index in [-0.39, 0.29) is 24.6 Å². The van der Waals surface area contributed by atoms with Crippen molar-refractivity contribution in [1.29, 1.82) is 0 Å². The number of methoxy groups -OCH3 is 1. The molecule has 0 aliphatic heterocycles. The highest BCUT2D eigenvalue weighted by molar-refractivity contribution is 5.86. The minimum atomic E-state index is -1.44. The van der Waals surface area contributed by atoms with Gasteiger partial charge >= 0.3 is 0 Å². The SMILES string of the molecule is COC(C)(C(=O)NCC(CO)Cc1cccnc1)c1ccccc1F. The smallest absolute Gasteiger partial charge is 0.256 e. The van der Waals surface area contributed by atoms with Crippen LogP contribution >= 0.6 is 0 Å². The zero-order chi connectivity index (χ0) is 18.3. The third-order valence-corrected chi connectivity index (χ3v) is 4.29. The van der Waals surface area contributed by atoms with Crippen LogP contribution < -0.4 is 5.32 Å². The number of hydrogen-bond donors (Lipinski definition) is 2. The number of hydrogen-bond acceptors (Lipinski definition) is 4. The summed E-state index contributed by atoms with van der Waals surface area (Å²) >= 11 is 0. The number of halogens is 1. The third-order valence-electron chi connectivity index (χ3n) is 4.29. The lowest BCUT2D eigenvalue weighted by Gasteiger charge is -2.28. The normalized spacial score (nSPS) is 14.6. The largest absolute Gasteiger partial charge is 0.396 e. The number of aliphatic hydroxyl groups excluding tert-OH is 1. The number of carbonyl (C=O) groups excluding carboxylic acids is 1. The molecule has 1 amide bonds. The van der Waals surface area contributed by atoms with Crippen LogP contribution in [0.4, 0.5) is 4.39 Å². The maximum absolute atomic E-state index is 14.1. The van der Waals surface area contributed by atoms with Gasteiger partial charge in [-0.3, -0.25) is 9.78 Å². The highest BCUT2D eigenvalue weighted by Crippen LogP contribution is 2.27. The average Bonchev–Trinajstić information content (AvgIpc) is 2.65. The maximum atomic E-state index is 14.1. The number of nitrogens with zero attached hydrogens (tertiary/aromatic N) is 1. The molecule has 0 saturated carbocycles. The fraction of sp³-hybridized carbons (Fsp3) is 0.368. The molecule has 0 radical (unpaired) electrons. The van der Waals surface area contributed by atoms with Gasteiger partial charge in [0.15, 0.2) is 5.60 Å². The standard InChI is InChI=1S/C19H23FN2O3/c1-19(25-2,16-7-3-4-8-17(16)20)18(24)22-12-15(13-23)10-14-6-5-9-21-11-14/h3-9,11,15,23H,10,12-13H2,1-2H3,(H,22,24). The summed E-state index contributed by atoms with van der Waals surface area (Å²) in [5.74, 6) is -1.13. The molecule has 2 unspecified atom stereocenters. The van der Waals surface area contributed by atoms with Crippen molar-refractivity contribution in [2.24, 2.45) is 5.92 Å². The molecule has 0 spiro atoms. The van der Waals surface area contributed by atoms with E-state index in [1.54, 1.807) is 24.5 Å². The lowest BCUT2D eigenvalue weighted by molar-refractivity contribution is -0.143. The van der Waals surface area contributed by atoms with Crippen LogP contribution in [0.2, 0.25) is 0 Å². The Hall–Kier alpha value is -2.31. The Morgan fingerprint density at radius 2 is 2.12 bits per heavy atom. The van der Waals surface area contributed by atoms with Crippen molar-refractivity contribution in [3.8, 4) is 0 Å². The molecule has 1 heterocycles. The Bertz CT molecular complexity index is 696. The molecule has 1 aromatic heterocycles. The molecular formula is C19H23FN2O3. The van der Waals surface area contributed by atoms with Crippen molar-refractivity contribution in [3.05, 3.63) is 65.7 Å². The molecule has 0 aliphatic rings. The predicted molar refractivity (Wildman–Crippen MR) is 92.3 cm³/mol. The van der Waals surface area contributed by atoms with Crippen molar-refractivity contribution in [3.63, 3.8) is 0 Å². The van der Waals surface area contributed by atoms with Crippen LogP contribution in [0.5, 0.6) is 0 Å². The van der Waals surface area contributed by atoms with E-state index in [1.165, 1.54) is 26.2 Å². The summed E-state index contributed by atoms with van der Waals surface area (Å²) in [7, 11) is 1.37. The fourth-order valence-electron chi connectivity index (χ4n) is 2.63. The number of amides is 1. The van der Waals surface area contributed by atoms with E-state index >= 15 is 0 Å². The van der Waals surface area contributed by atoms with E-state index in [2.05, 4.69) is 10.3 Å². The van der Waals surface area contributed by atoms with Gasteiger partial charge in [-0.2, -0.15) is 0 Å². The van der Waals surface area contributed by atoms with Gasteiger partial charge < -0.3 is 15.2 Å². The second kappa shape index (κ2) is 8.69. The van der Waals surface area contributed by atoms with Crippen LogP contribution in [0.25, 0.3) is 0 Å².